The van der Waals surface area contributed by atoms with Crippen LogP contribution in [0, 0.1) is 41.9 Å². The van der Waals surface area contributed by atoms with Gasteiger partial charge in [0.15, 0.2) is 5.75 Å². The van der Waals surface area contributed by atoms with Crippen molar-refractivity contribution in [3.63, 3.8) is 0 Å². The van der Waals surface area contributed by atoms with Crippen molar-refractivity contribution in [2.75, 3.05) is 45.2 Å². The van der Waals surface area contributed by atoms with E-state index in [9.17, 15) is 45.3 Å². The maximum atomic E-state index is 14.6. The third-order valence-corrected chi connectivity index (χ3v) is 12.5. The van der Waals surface area contributed by atoms with Crippen molar-refractivity contribution < 1.29 is 58.9 Å². The predicted octanol–water partition coefficient (Wildman–Crippen LogP) is 5.35. The van der Waals surface area contributed by atoms with Crippen LogP contribution in [0.4, 0.5) is 5.69 Å². The lowest BCUT2D eigenvalue weighted by Crippen LogP contribution is -2.49. The normalized spacial score (nSPS) is 31.0. The number of amides is 1. The number of fused-ring (bicyclic) bond motifs is 14. The summed E-state index contributed by atoms with van der Waals surface area (Å²) in [6.07, 6.45) is 3.48. The lowest BCUT2D eigenvalue weighted by molar-refractivity contribution is -0.160. The number of nitrogens with zero attached hydrogens (tertiary/aromatic N) is 2. The molecule has 16 heteroatoms. The van der Waals surface area contributed by atoms with Crippen molar-refractivity contribution in [1.29, 1.82) is 5.41 Å². The molecule has 1 fully saturated rings. The molecule has 340 valence electrons. The Bertz CT molecular complexity index is 2160. The largest absolute Gasteiger partial charge is 0.507 e. The average molecular weight is 865 g/mol. The number of hydrogen-bond donors (Lipinski definition) is 7. The molecule has 4 aliphatic rings. The summed E-state index contributed by atoms with van der Waals surface area (Å²) in [6.45, 7) is 19.6. The number of esters is 1. The number of piperazine rings is 1. The first-order chi connectivity index (χ1) is 29.1. The fraction of sp³-hybridized carbons (Fsp3) is 0.565. The zero-order valence-electron chi connectivity index (χ0n) is 37.6. The van der Waals surface area contributed by atoms with Gasteiger partial charge in [-0.15, -0.1) is 0 Å². The predicted molar refractivity (Wildman–Crippen MR) is 233 cm³/mol. The Morgan fingerprint density at radius 3 is 2.19 bits per heavy atom. The summed E-state index contributed by atoms with van der Waals surface area (Å²) in [4.78, 5) is 44.8. The van der Waals surface area contributed by atoms with Gasteiger partial charge >= 0.3 is 11.8 Å². The Kier molecular flexibility index (Phi) is 14.7. The molecule has 0 spiro atoms. The molecule has 0 radical (unpaired) electrons. The van der Waals surface area contributed by atoms with Gasteiger partial charge in [0.1, 0.15) is 29.2 Å². The van der Waals surface area contributed by atoms with Crippen LogP contribution < -0.4 is 10.1 Å². The van der Waals surface area contributed by atoms with Crippen molar-refractivity contribution in [3.05, 3.63) is 52.8 Å². The number of amidine groups is 1. The maximum absolute atomic E-state index is 14.6. The number of phenols is 3. The third-order valence-electron chi connectivity index (χ3n) is 12.5. The number of ether oxygens (including phenoxy) is 4. The molecule has 16 nitrogen and oxygen atoms in total. The second-order valence-corrected chi connectivity index (χ2v) is 17.6. The number of methoxy groups -OCH3 is 1. The molecule has 0 unspecified atom stereocenters. The molecule has 62 heavy (non-hydrogen) atoms. The molecule has 2 aromatic carbocycles. The van der Waals surface area contributed by atoms with Gasteiger partial charge in [-0.05, 0) is 25.8 Å². The zero-order valence-corrected chi connectivity index (χ0v) is 37.6. The Balaban J connectivity index is 1.71. The molecular weight excluding hydrogens is 801 g/mol. The van der Waals surface area contributed by atoms with E-state index in [0.717, 1.165) is 6.54 Å². The minimum atomic E-state index is -2.08. The van der Waals surface area contributed by atoms with Crippen LogP contribution in [0.2, 0.25) is 0 Å². The first-order valence-electron chi connectivity index (χ1n) is 21.2. The van der Waals surface area contributed by atoms with E-state index in [1.165, 1.54) is 53.2 Å². The van der Waals surface area contributed by atoms with E-state index in [4.69, 9.17) is 18.9 Å². The van der Waals surface area contributed by atoms with Gasteiger partial charge in [-0.3, -0.25) is 24.7 Å². The number of phenolic OH excluding ortho intramolecular Hbond substituents is 3. The van der Waals surface area contributed by atoms with Crippen LogP contribution in [0.5, 0.6) is 23.0 Å². The number of carbonyl (C=O) groups excluding carboxylic acids is 3. The number of ketones is 1. The molecular formula is C46H64N4O12. The zero-order chi connectivity index (χ0) is 46.1. The van der Waals surface area contributed by atoms with Gasteiger partial charge < -0.3 is 54.7 Å². The molecule has 0 saturated carbocycles. The van der Waals surface area contributed by atoms with Gasteiger partial charge in [0, 0.05) is 93.9 Å². The highest BCUT2D eigenvalue weighted by Crippen LogP contribution is 2.55. The number of anilines is 1. The Hall–Kier alpha value is -5.16. The smallest absolute Gasteiger partial charge is 0.312 e. The Morgan fingerprint density at radius 2 is 1.60 bits per heavy atom. The summed E-state index contributed by atoms with van der Waals surface area (Å²) in [5.74, 6) is -8.52. The molecule has 0 aromatic heterocycles. The van der Waals surface area contributed by atoms with Gasteiger partial charge in [0.25, 0.3) is 11.7 Å². The van der Waals surface area contributed by atoms with E-state index >= 15 is 0 Å². The molecule has 6 rings (SSSR count). The maximum Gasteiger partial charge on any atom is 0.312 e. The van der Waals surface area contributed by atoms with E-state index < -0.39 is 88.8 Å². The number of benzene rings is 2. The minimum Gasteiger partial charge on any atom is -0.507 e. The number of carbonyl (C=O) groups is 3. The minimum absolute atomic E-state index is 0.0330. The number of aliphatic hydroxyl groups is 2. The van der Waals surface area contributed by atoms with Crippen LogP contribution in [0.25, 0.3) is 10.8 Å². The summed E-state index contributed by atoms with van der Waals surface area (Å²) in [7, 11) is 1.43. The van der Waals surface area contributed by atoms with E-state index in [1.807, 2.05) is 0 Å². The number of nitrogens with one attached hydrogen (secondary N) is 2. The first-order valence-corrected chi connectivity index (χ1v) is 21.2. The Labute approximate surface area is 363 Å². The summed E-state index contributed by atoms with van der Waals surface area (Å²) in [6, 6.07) is 0. The van der Waals surface area contributed by atoms with Crippen molar-refractivity contribution in [2.24, 2.45) is 29.6 Å². The van der Waals surface area contributed by atoms with E-state index in [-0.39, 0.29) is 50.3 Å². The van der Waals surface area contributed by atoms with Gasteiger partial charge in [-0.25, -0.2) is 0 Å². The number of allylic oxidation sites excluding steroid dienone is 2. The van der Waals surface area contributed by atoms with Crippen LogP contribution in [0.15, 0.2) is 36.1 Å². The highest BCUT2D eigenvalue weighted by molar-refractivity contribution is 6.25. The number of hydrogen-bond acceptors (Lipinski definition) is 14. The SMILES string of the molecule is CO[C@H]1/C=C/O[C@@]2(C)Oc3c(C)c(O)c4c(O)c(c(C(=N)N5CCN(CC(C)C)CC5)c(O)c4c3C2=O)NC(=O)/C(C)=C\C=C\[C@H](C)[C@H](O)[C@@H](C)[C@@H](O)[C@@H](C)[C@H](OC(C)=O)[C@@H]1C. The van der Waals surface area contributed by atoms with Crippen LogP contribution in [0.1, 0.15) is 83.8 Å². The number of aromatic hydroxyl groups is 3. The van der Waals surface area contributed by atoms with E-state index in [2.05, 4.69) is 24.1 Å². The monoisotopic (exact) mass is 864 g/mol. The van der Waals surface area contributed by atoms with E-state index in [0.29, 0.717) is 32.1 Å². The number of Topliss-reactive ketones (excluding diaryl/α,β-unsaturated/α-hetero) is 1. The first kappa shape index (κ1) is 47.9. The molecule has 9 atom stereocenters. The summed E-state index contributed by atoms with van der Waals surface area (Å²) >= 11 is 0. The van der Waals surface area contributed by atoms with Gasteiger partial charge in [0.05, 0.1) is 46.8 Å². The molecule has 1 amide bonds. The molecule has 7 N–H and O–H groups in total. The molecule has 1 saturated heterocycles. The third kappa shape index (κ3) is 9.29. The highest BCUT2D eigenvalue weighted by Gasteiger charge is 2.50. The van der Waals surface area contributed by atoms with Gasteiger partial charge in [-0.2, -0.15) is 0 Å². The molecule has 4 heterocycles. The fourth-order valence-corrected chi connectivity index (χ4v) is 8.78. The number of rotatable bonds is 5. The molecule has 0 aliphatic carbocycles. The average Bonchev–Trinajstić information content (AvgIpc) is 3.49. The topological polar surface area (TPSA) is 232 Å². The molecule has 4 aliphatic heterocycles. The molecule has 5 bridgehead atoms. The van der Waals surface area contributed by atoms with Crippen LogP contribution in [0.3, 0.4) is 0 Å². The second kappa shape index (κ2) is 19.1. The van der Waals surface area contributed by atoms with Crippen LogP contribution in [-0.4, -0.2) is 129 Å². The van der Waals surface area contributed by atoms with Crippen molar-refractivity contribution in [1.82, 2.24) is 9.80 Å². The van der Waals surface area contributed by atoms with Crippen molar-refractivity contribution in [2.45, 2.75) is 99.4 Å². The van der Waals surface area contributed by atoms with Gasteiger partial charge in [0.2, 0.25) is 0 Å². The van der Waals surface area contributed by atoms with E-state index in [1.54, 1.807) is 44.7 Å². The summed E-state index contributed by atoms with van der Waals surface area (Å²) in [5.41, 5.74) is -0.670. The lowest BCUT2D eigenvalue weighted by atomic mass is 9.78. The molecule has 2 aromatic rings. The van der Waals surface area contributed by atoms with Gasteiger partial charge in [-0.1, -0.05) is 59.8 Å². The van der Waals surface area contributed by atoms with Crippen molar-refractivity contribution >= 4 is 40.0 Å². The van der Waals surface area contributed by atoms with Crippen molar-refractivity contribution in [3.8, 4) is 23.0 Å². The Morgan fingerprint density at radius 1 is 0.952 bits per heavy atom. The fourth-order valence-electron chi connectivity index (χ4n) is 8.78. The van der Waals surface area contributed by atoms with Crippen LogP contribution >= 0.6 is 0 Å². The quantitative estimate of drug-likeness (QED) is 0.0661. The summed E-state index contributed by atoms with van der Waals surface area (Å²) < 4.78 is 23.7. The standard InChI is InChI=1S/C46H64N4O12/c1-22(2)21-49-16-18-50(19-17-49)44(47)34-35-40(56)32-31(39(34)55)33-42(28(8)38(32)54)62-46(10,43(33)57)60-20-15-30(59-11)25(5)41(61-29(9)51)27(7)37(53)26(6)36(52)23(3)13-12-14-24(4)45(58)48-35/h12-15,20,22-23,25-27,30,36-37,41,47,52-56H,16-19,21H2,1-11H3,(H,48,58)/b13-12+,20-15+,24-14-,47-44?/t23-,25+,26+,27+,30-,36-,37+,41+,46-/m0/s1. The summed E-state index contributed by atoms with van der Waals surface area (Å²) in [5, 5.41) is 70.5. The second-order valence-electron chi connectivity index (χ2n) is 17.6. The van der Waals surface area contributed by atoms with Crippen LogP contribution in [-0.2, 0) is 23.8 Å². The lowest BCUT2D eigenvalue weighted by Gasteiger charge is -2.38. The highest BCUT2D eigenvalue weighted by atomic mass is 16.7. The number of aliphatic hydroxyl groups excluding tert-OH is 2.